The summed E-state index contributed by atoms with van der Waals surface area (Å²) in [4.78, 5) is 0. The normalized spacial score (nSPS) is 12.5. The molecule has 20 heavy (non-hydrogen) atoms. The fourth-order valence-electron chi connectivity index (χ4n) is 2.17. The lowest BCUT2D eigenvalue weighted by Crippen LogP contribution is -2.09. The van der Waals surface area contributed by atoms with Crippen molar-refractivity contribution in [3.63, 3.8) is 0 Å². The summed E-state index contributed by atoms with van der Waals surface area (Å²) < 4.78 is 5.66. The zero-order valence-corrected chi connectivity index (χ0v) is 12.8. The smallest absolute Gasteiger partial charge is 0.119 e. The highest BCUT2D eigenvalue weighted by molar-refractivity contribution is 5.53. The molecule has 0 saturated heterocycles. The molecule has 0 aliphatic carbocycles. The molecule has 0 aliphatic heterocycles. The summed E-state index contributed by atoms with van der Waals surface area (Å²) >= 11 is 0. The van der Waals surface area contributed by atoms with Crippen molar-refractivity contribution in [3.8, 4) is 5.75 Å². The Morgan fingerprint density at radius 1 is 1.10 bits per heavy atom. The van der Waals surface area contributed by atoms with Crippen LogP contribution >= 0.6 is 0 Å². The molecule has 1 atom stereocenters. The van der Waals surface area contributed by atoms with Crippen molar-refractivity contribution >= 4 is 5.69 Å². The quantitative estimate of drug-likeness (QED) is 0.866. The van der Waals surface area contributed by atoms with Crippen molar-refractivity contribution in [2.75, 3.05) is 5.32 Å². The van der Waals surface area contributed by atoms with Gasteiger partial charge in [0.15, 0.2) is 0 Å². The predicted octanol–water partition coefficient (Wildman–Crippen LogP) is 3.99. The summed E-state index contributed by atoms with van der Waals surface area (Å²) in [7, 11) is 0. The number of nitrogens with one attached hydrogen (secondary N) is 2. The van der Waals surface area contributed by atoms with Crippen LogP contribution in [0.1, 0.15) is 43.8 Å². The first-order valence-electron chi connectivity index (χ1n) is 7.02. The molecule has 1 aromatic carbocycles. The van der Waals surface area contributed by atoms with Gasteiger partial charge in [-0.2, -0.15) is 5.10 Å². The second kappa shape index (κ2) is 5.99. The molecule has 0 spiro atoms. The Morgan fingerprint density at radius 2 is 1.75 bits per heavy atom. The Balaban J connectivity index is 2.08. The van der Waals surface area contributed by atoms with Gasteiger partial charge in [-0.05, 0) is 52.3 Å². The fraction of sp³-hybridized carbons (Fsp3) is 0.438. The standard InChI is InChI=1S/C16H23N3O/c1-10(2)20-15-8-6-14(7-9-15)11(3)17-16-12(4)18-19-13(16)5/h6-11,17H,1-5H3,(H,18,19). The van der Waals surface area contributed by atoms with Crippen molar-refractivity contribution in [1.29, 1.82) is 0 Å². The number of H-pyrrole nitrogens is 1. The summed E-state index contributed by atoms with van der Waals surface area (Å²) in [5, 5.41) is 10.7. The summed E-state index contributed by atoms with van der Waals surface area (Å²) in [6, 6.07) is 8.45. The van der Waals surface area contributed by atoms with Gasteiger partial charge in [0.2, 0.25) is 0 Å². The van der Waals surface area contributed by atoms with E-state index in [9.17, 15) is 0 Å². The van der Waals surface area contributed by atoms with Crippen LogP contribution in [0, 0.1) is 13.8 Å². The topological polar surface area (TPSA) is 49.9 Å². The van der Waals surface area contributed by atoms with Crippen LogP contribution in [-0.4, -0.2) is 16.3 Å². The minimum absolute atomic E-state index is 0.202. The minimum Gasteiger partial charge on any atom is -0.491 e. The molecule has 2 aromatic rings. The Morgan fingerprint density at radius 3 is 2.25 bits per heavy atom. The maximum atomic E-state index is 5.66. The van der Waals surface area contributed by atoms with Gasteiger partial charge in [0.05, 0.1) is 23.2 Å². The van der Waals surface area contributed by atoms with E-state index >= 15 is 0 Å². The van der Waals surface area contributed by atoms with E-state index in [0.29, 0.717) is 0 Å². The monoisotopic (exact) mass is 273 g/mol. The van der Waals surface area contributed by atoms with Crippen LogP contribution < -0.4 is 10.1 Å². The molecule has 4 nitrogen and oxygen atoms in total. The third kappa shape index (κ3) is 3.32. The number of ether oxygens (including phenoxy) is 1. The largest absolute Gasteiger partial charge is 0.491 e. The SMILES string of the molecule is Cc1n[nH]c(C)c1NC(C)c1ccc(OC(C)C)cc1. The lowest BCUT2D eigenvalue weighted by molar-refractivity contribution is 0.242. The zero-order valence-electron chi connectivity index (χ0n) is 12.8. The maximum Gasteiger partial charge on any atom is 0.119 e. The predicted molar refractivity (Wildman–Crippen MR) is 82.3 cm³/mol. The molecule has 1 unspecified atom stereocenters. The van der Waals surface area contributed by atoms with E-state index in [2.05, 4.69) is 34.6 Å². The lowest BCUT2D eigenvalue weighted by atomic mass is 10.1. The second-order valence-electron chi connectivity index (χ2n) is 5.41. The van der Waals surface area contributed by atoms with E-state index in [-0.39, 0.29) is 12.1 Å². The van der Waals surface area contributed by atoms with Crippen LogP contribution in [-0.2, 0) is 0 Å². The molecule has 2 rings (SSSR count). The minimum atomic E-state index is 0.202. The zero-order chi connectivity index (χ0) is 14.7. The Bertz CT molecular complexity index is 538. The number of aryl methyl sites for hydroxylation is 2. The molecule has 1 heterocycles. The second-order valence-corrected chi connectivity index (χ2v) is 5.41. The van der Waals surface area contributed by atoms with Crippen LogP contribution in [0.4, 0.5) is 5.69 Å². The fourth-order valence-corrected chi connectivity index (χ4v) is 2.17. The molecular formula is C16H23N3O. The van der Waals surface area contributed by atoms with Gasteiger partial charge in [-0.15, -0.1) is 0 Å². The third-order valence-corrected chi connectivity index (χ3v) is 3.24. The van der Waals surface area contributed by atoms with Crippen molar-refractivity contribution in [2.45, 2.75) is 46.8 Å². The van der Waals surface area contributed by atoms with E-state index in [1.165, 1.54) is 5.56 Å². The summed E-state index contributed by atoms with van der Waals surface area (Å²) in [6.45, 7) is 10.2. The van der Waals surface area contributed by atoms with Gasteiger partial charge < -0.3 is 10.1 Å². The highest BCUT2D eigenvalue weighted by atomic mass is 16.5. The number of aromatic nitrogens is 2. The summed E-state index contributed by atoms with van der Waals surface area (Å²) in [6.07, 6.45) is 0.202. The van der Waals surface area contributed by atoms with Crippen molar-refractivity contribution in [2.24, 2.45) is 0 Å². The molecule has 0 bridgehead atoms. The summed E-state index contributed by atoms with van der Waals surface area (Å²) in [5.41, 5.74) is 4.37. The molecule has 0 fully saturated rings. The first kappa shape index (κ1) is 14.4. The molecule has 0 saturated carbocycles. The van der Waals surface area contributed by atoms with Crippen molar-refractivity contribution in [1.82, 2.24) is 10.2 Å². The van der Waals surface area contributed by atoms with Crippen LogP contribution in [0.3, 0.4) is 0 Å². The molecule has 108 valence electrons. The van der Waals surface area contributed by atoms with Gasteiger partial charge in [-0.3, -0.25) is 5.10 Å². The highest BCUT2D eigenvalue weighted by Gasteiger charge is 2.11. The van der Waals surface area contributed by atoms with Crippen LogP contribution in [0.2, 0.25) is 0 Å². The van der Waals surface area contributed by atoms with Gasteiger partial charge in [-0.25, -0.2) is 0 Å². The lowest BCUT2D eigenvalue weighted by Gasteiger charge is -2.17. The number of hydrogen-bond donors (Lipinski definition) is 2. The average Bonchev–Trinajstić information content (AvgIpc) is 2.70. The van der Waals surface area contributed by atoms with Crippen LogP contribution in [0.15, 0.2) is 24.3 Å². The first-order valence-corrected chi connectivity index (χ1v) is 7.02. The Labute approximate surface area is 120 Å². The van der Waals surface area contributed by atoms with E-state index in [1.54, 1.807) is 0 Å². The average molecular weight is 273 g/mol. The highest BCUT2D eigenvalue weighted by Crippen LogP contribution is 2.25. The van der Waals surface area contributed by atoms with Gasteiger partial charge in [0.25, 0.3) is 0 Å². The van der Waals surface area contributed by atoms with Crippen molar-refractivity contribution in [3.05, 3.63) is 41.2 Å². The molecule has 1 aromatic heterocycles. The van der Waals surface area contributed by atoms with Crippen LogP contribution in [0.5, 0.6) is 5.75 Å². The van der Waals surface area contributed by atoms with E-state index in [1.807, 2.05) is 39.8 Å². The number of rotatable bonds is 5. The number of benzene rings is 1. The van der Waals surface area contributed by atoms with Gasteiger partial charge >= 0.3 is 0 Å². The number of nitrogens with zero attached hydrogens (tertiary/aromatic N) is 1. The Kier molecular flexibility index (Phi) is 4.32. The van der Waals surface area contributed by atoms with E-state index < -0.39 is 0 Å². The molecule has 4 heteroatoms. The number of aromatic amines is 1. The van der Waals surface area contributed by atoms with Crippen LogP contribution in [0.25, 0.3) is 0 Å². The summed E-state index contributed by atoms with van der Waals surface area (Å²) in [5.74, 6) is 0.909. The van der Waals surface area contributed by atoms with E-state index in [4.69, 9.17) is 4.74 Å². The third-order valence-electron chi connectivity index (χ3n) is 3.24. The number of hydrogen-bond acceptors (Lipinski definition) is 3. The Hall–Kier alpha value is -1.97. The molecule has 0 amide bonds. The van der Waals surface area contributed by atoms with Gasteiger partial charge in [-0.1, -0.05) is 12.1 Å². The maximum absolute atomic E-state index is 5.66. The molecule has 0 radical (unpaired) electrons. The molecule has 2 N–H and O–H groups in total. The van der Waals surface area contributed by atoms with Gasteiger partial charge in [0.1, 0.15) is 5.75 Å². The molecule has 0 aliphatic rings. The van der Waals surface area contributed by atoms with Crippen molar-refractivity contribution < 1.29 is 4.74 Å². The van der Waals surface area contributed by atoms with Gasteiger partial charge in [0, 0.05) is 6.04 Å². The molecular weight excluding hydrogens is 250 g/mol. The van der Waals surface area contributed by atoms with E-state index in [0.717, 1.165) is 22.8 Å². The first-order chi connectivity index (χ1) is 9.47. The number of anilines is 1.